The van der Waals surface area contributed by atoms with Crippen LogP contribution in [0.1, 0.15) is 13.3 Å². The summed E-state index contributed by atoms with van der Waals surface area (Å²) in [7, 11) is 1.56. The van der Waals surface area contributed by atoms with E-state index in [-0.39, 0.29) is 11.8 Å². The van der Waals surface area contributed by atoms with Crippen LogP contribution in [-0.4, -0.2) is 19.6 Å². The molecule has 0 radical (unpaired) electrons. The zero-order valence-corrected chi connectivity index (χ0v) is 10.8. The third kappa shape index (κ3) is 4.24. The highest BCUT2D eigenvalue weighted by molar-refractivity contribution is 6.33. The number of ether oxygens (including phenoxy) is 1. The number of amides is 1. The third-order valence-electron chi connectivity index (χ3n) is 2.38. The molecule has 1 aromatic rings. The van der Waals surface area contributed by atoms with E-state index in [1.807, 2.05) is 6.92 Å². The molecule has 4 nitrogen and oxygen atoms in total. The summed E-state index contributed by atoms with van der Waals surface area (Å²) in [6, 6.07) is 5.11. The van der Waals surface area contributed by atoms with Crippen LogP contribution in [0.15, 0.2) is 18.2 Å². The van der Waals surface area contributed by atoms with Crippen molar-refractivity contribution in [3.63, 3.8) is 0 Å². The lowest BCUT2D eigenvalue weighted by molar-refractivity contribution is -0.116. The Kier molecular flexibility index (Phi) is 5.25. The van der Waals surface area contributed by atoms with Crippen LogP contribution in [0.3, 0.4) is 0 Å². The predicted octanol–water partition coefficient (Wildman–Crippen LogP) is 2.27. The SMILES string of the molecule is COc1ccc(Cl)c(NC(=O)CC(C)CN)c1. The first-order chi connectivity index (χ1) is 8.06. The lowest BCUT2D eigenvalue weighted by Gasteiger charge is -2.11. The molecule has 1 amide bonds. The largest absolute Gasteiger partial charge is 0.497 e. The van der Waals surface area contributed by atoms with Crippen molar-refractivity contribution in [3.8, 4) is 5.75 Å². The van der Waals surface area contributed by atoms with Gasteiger partial charge in [0.25, 0.3) is 0 Å². The molecule has 1 rings (SSSR count). The van der Waals surface area contributed by atoms with E-state index in [9.17, 15) is 4.79 Å². The molecular weight excluding hydrogens is 240 g/mol. The van der Waals surface area contributed by atoms with Crippen LogP contribution in [0, 0.1) is 5.92 Å². The van der Waals surface area contributed by atoms with Crippen molar-refractivity contribution < 1.29 is 9.53 Å². The van der Waals surface area contributed by atoms with Crippen molar-refractivity contribution in [2.24, 2.45) is 11.7 Å². The second-order valence-corrected chi connectivity index (χ2v) is 4.35. The summed E-state index contributed by atoms with van der Waals surface area (Å²) in [5.74, 6) is 0.703. The van der Waals surface area contributed by atoms with Crippen molar-refractivity contribution >= 4 is 23.2 Å². The van der Waals surface area contributed by atoms with Gasteiger partial charge in [-0.1, -0.05) is 18.5 Å². The van der Waals surface area contributed by atoms with Gasteiger partial charge in [-0.05, 0) is 24.6 Å². The molecule has 94 valence electrons. The Hall–Kier alpha value is -1.26. The Bertz CT molecular complexity index is 396. The first-order valence-corrected chi connectivity index (χ1v) is 5.78. The Morgan fingerprint density at radius 2 is 2.29 bits per heavy atom. The molecule has 0 aliphatic rings. The van der Waals surface area contributed by atoms with E-state index in [4.69, 9.17) is 22.1 Å². The minimum atomic E-state index is -0.0990. The van der Waals surface area contributed by atoms with Gasteiger partial charge < -0.3 is 15.8 Å². The number of halogens is 1. The van der Waals surface area contributed by atoms with Crippen molar-refractivity contribution in [1.82, 2.24) is 0 Å². The molecule has 0 spiro atoms. The van der Waals surface area contributed by atoms with Gasteiger partial charge in [0.2, 0.25) is 5.91 Å². The first kappa shape index (κ1) is 13.8. The number of anilines is 1. The highest BCUT2D eigenvalue weighted by atomic mass is 35.5. The molecule has 17 heavy (non-hydrogen) atoms. The molecule has 1 aromatic carbocycles. The second kappa shape index (κ2) is 6.47. The Morgan fingerprint density at radius 1 is 1.59 bits per heavy atom. The van der Waals surface area contributed by atoms with E-state index in [0.29, 0.717) is 29.4 Å². The van der Waals surface area contributed by atoms with Gasteiger partial charge in [0, 0.05) is 12.5 Å². The highest BCUT2D eigenvalue weighted by Crippen LogP contribution is 2.26. The van der Waals surface area contributed by atoms with E-state index in [1.165, 1.54) is 0 Å². The maximum atomic E-state index is 11.7. The highest BCUT2D eigenvalue weighted by Gasteiger charge is 2.10. The van der Waals surface area contributed by atoms with Crippen LogP contribution < -0.4 is 15.8 Å². The maximum absolute atomic E-state index is 11.7. The topological polar surface area (TPSA) is 64.3 Å². The van der Waals surface area contributed by atoms with Gasteiger partial charge in [-0.15, -0.1) is 0 Å². The molecule has 0 heterocycles. The van der Waals surface area contributed by atoms with Crippen molar-refractivity contribution in [2.45, 2.75) is 13.3 Å². The average molecular weight is 257 g/mol. The number of nitrogens with two attached hydrogens (primary N) is 1. The van der Waals surface area contributed by atoms with Gasteiger partial charge in [-0.3, -0.25) is 4.79 Å². The normalized spacial score (nSPS) is 12.0. The summed E-state index contributed by atoms with van der Waals surface area (Å²) in [6.45, 7) is 2.41. The van der Waals surface area contributed by atoms with E-state index >= 15 is 0 Å². The fourth-order valence-electron chi connectivity index (χ4n) is 1.33. The van der Waals surface area contributed by atoms with Gasteiger partial charge in [0.1, 0.15) is 5.75 Å². The van der Waals surface area contributed by atoms with E-state index < -0.39 is 0 Å². The summed E-state index contributed by atoms with van der Waals surface area (Å²) in [4.78, 5) is 11.7. The number of rotatable bonds is 5. The third-order valence-corrected chi connectivity index (χ3v) is 2.71. The zero-order chi connectivity index (χ0) is 12.8. The first-order valence-electron chi connectivity index (χ1n) is 5.40. The van der Waals surface area contributed by atoms with Crippen LogP contribution >= 0.6 is 11.6 Å². The van der Waals surface area contributed by atoms with E-state index in [1.54, 1.807) is 25.3 Å². The lowest BCUT2D eigenvalue weighted by atomic mass is 10.1. The second-order valence-electron chi connectivity index (χ2n) is 3.94. The molecule has 3 N–H and O–H groups in total. The van der Waals surface area contributed by atoms with Crippen molar-refractivity contribution in [2.75, 3.05) is 19.0 Å². The maximum Gasteiger partial charge on any atom is 0.224 e. The molecule has 1 unspecified atom stereocenters. The molecule has 0 aliphatic heterocycles. The average Bonchev–Trinajstić information content (AvgIpc) is 2.31. The van der Waals surface area contributed by atoms with Crippen LogP contribution in [-0.2, 0) is 4.79 Å². The summed E-state index contributed by atoms with van der Waals surface area (Å²) >= 11 is 5.97. The molecule has 0 saturated carbocycles. The van der Waals surface area contributed by atoms with Crippen LogP contribution in [0.4, 0.5) is 5.69 Å². The number of hydrogen-bond donors (Lipinski definition) is 2. The molecular formula is C12H17ClN2O2. The zero-order valence-electron chi connectivity index (χ0n) is 10.00. The number of nitrogens with one attached hydrogen (secondary N) is 1. The van der Waals surface area contributed by atoms with Gasteiger partial charge in [0.15, 0.2) is 0 Å². The van der Waals surface area contributed by atoms with Crippen molar-refractivity contribution in [1.29, 1.82) is 0 Å². The molecule has 0 fully saturated rings. The number of methoxy groups -OCH3 is 1. The lowest BCUT2D eigenvalue weighted by Crippen LogP contribution is -2.20. The minimum absolute atomic E-state index is 0.0990. The smallest absolute Gasteiger partial charge is 0.224 e. The number of hydrogen-bond acceptors (Lipinski definition) is 3. The number of benzene rings is 1. The summed E-state index contributed by atoms with van der Waals surface area (Å²) in [5, 5.41) is 3.23. The standard InChI is InChI=1S/C12H17ClN2O2/c1-8(7-14)5-12(16)15-11-6-9(17-2)3-4-10(11)13/h3-4,6,8H,5,7,14H2,1-2H3,(H,15,16). The molecule has 0 aliphatic carbocycles. The van der Waals surface area contributed by atoms with Crippen LogP contribution in [0.5, 0.6) is 5.75 Å². The molecule has 0 aromatic heterocycles. The summed E-state index contributed by atoms with van der Waals surface area (Å²) in [6.07, 6.45) is 0.379. The molecule has 0 bridgehead atoms. The van der Waals surface area contributed by atoms with E-state index in [0.717, 1.165) is 0 Å². The number of carbonyl (C=O) groups is 1. The summed E-state index contributed by atoms with van der Waals surface area (Å²) < 4.78 is 5.06. The fraction of sp³-hybridized carbons (Fsp3) is 0.417. The van der Waals surface area contributed by atoms with Gasteiger partial charge in [0.05, 0.1) is 17.8 Å². The van der Waals surface area contributed by atoms with Gasteiger partial charge in [-0.25, -0.2) is 0 Å². The quantitative estimate of drug-likeness (QED) is 0.849. The predicted molar refractivity (Wildman–Crippen MR) is 69.5 cm³/mol. The fourth-order valence-corrected chi connectivity index (χ4v) is 1.49. The van der Waals surface area contributed by atoms with Gasteiger partial charge >= 0.3 is 0 Å². The Balaban J connectivity index is 2.70. The number of carbonyl (C=O) groups excluding carboxylic acids is 1. The van der Waals surface area contributed by atoms with Crippen LogP contribution in [0.2, 0.25) is 5.02 Å². The minimum Gasteiger partial charge on any atom is -0.497 e. The van der Waals surface area contributed by atoms with Crippen molar-refractivity contribution in [3.05, 3.63) is 23.2 Å². The molecule has 0 saturated heterocycles. The van der Waals surface area contributed by atoms with Gasteiger partial charge in [-0.2, -0.15) is 0 Å². The van der Waals surface area contributed by atoms with E-state index in [2.05, 4.69) is 5.32 Å². The Labute approximate surface area is 106 Å². The van der Waals surface area contributed by atoms with Crippen LogP contribution in [0.25, 0.3) is 0 Å². The molecule has 1 atom stereocenters. The monoisotopic (exact) mass is 256 g/mol. The Morgan fingerprint density at radius 3 is 2.88 bits per heavy atom. The molecule has 5 heteroatoms. The summed E-state index contributed by atoms with van der Waals surface area (Å²) in [5.41, 5.74) is 6.02.